The highest BCUT2D eigenvalue weighted by Crippen LogP contribution is 2.71. The van der Waals surface area contributed by atoms with Crippen molar-refractivity contribution in [3.8, 4) is 0 Å². The SMILES string of the molecule is O=C(O)C12CC3CC(CC1C3)C2c1ccccc1. The first-order valence-electron chi connectivity index (χ1n) is 7.00. The lowest BCUT2D eigenvalue weighted by molar-refractivity contribution is -0.152. The summed E-state index contributed by atoms with van der Waals surface area (Å²) in [6.45, 7) is 0. The summed E-state index contributed by atoms with van der Waals surface area (Å²) in [6.07, 6.45) is 4.47. The predicted octanol–water partition coefficient (Wildman–Crippen LogP) is 3.29. The van der Waals surface area contributed by atoms with E-state index in [2.05, 4.69) is 12.1 Å². The van der Waals surface area contributed by atoms with Crippen LogP contribution in [0, 0.1) is 23.2 Å². The molecule has 0 amide bonds. The first kappa shape index (κ1) is 10.6. The summed E-state index contributed by atoms with van der Waals surface area (Å²) < 4.78 is 0. The van der Waals surface area contributed by atoms with E-state index < -0.39 is 11.4 Å². The number of carboxylic acids is 1. The average molecular weight is 242 g/mol. The molecular formula is C16H18O2. The van der Waals surface area contributed by atoms with Gasteiger partial charge in [-0.25, -0.2) is 0 Å². The van der Waals surface area contributed by atoms with Crippen molar-refractivity contribution in [2.45, 2.75) is 31.6 Å². The lowest BCUT2D eigenvalue weighted by Crippen LogP contribution is -2.39. The van der Waals surface area contributed by atoms with Crippen LogP contribution in [0.25, 0.3) is 0 Å². The molecule has 4 bridgehead atoms. The van der Waals surface area contributed by atoms with Crippen molar-refractivity contribution in [1.82, 2.24) is 0 Å². The molecule has 18 heavy (non-hydrogen) atoms. The molecule has 2 heteroatoms. The molecule has 5 rings (SSSR count). The van der Waals surface area contributed by atoms with Crippen LogP contribution in [0.2, 0.25) is 0 Å². The third kappa shape index (κ3) is 1.12. The Kier molecular flexibility index (Phi) is 1.98. The van der Waals surface area contributed by atoms with E-state index in [0.29, 0.717) is 17.8 Å². The number of hydrogen-bond donors (Lipinski definition) is 1. The van der Waals surface area contributed by atoms with Crippen LogP contribution in [0.3, 0.4) is 0 Å². The maximum Gasteiger partial charge on any atom is 0.310 e. The van der Waals surface area contributed by atoms with Crippen molar-refractivity contribution in [2.75, 3.05) is 0 Å². The van der Waals surface area contributed by atoms with E-state index in [0.717, 1.165) is 19.3 Å². The summed E-state index contributed by atoms with van der Waals surface area (Å²) in [7, 11) is 0. The predicted molar refractivity (Wildman–Crippen MR) is 68.2 cm³/mol. The van der Waals surface area contributed by atoms with Gasteiger partial charge in [0.1, 0.15) is 0 Å². The molecule has 0 saturated heterocycles. The minimum atomic E-state index is -0.536. The van der Waals surface area contributed by atoms with Gasteiger partial charge >= 0.3 is 5.97 Å². The molecule has 0 radical (unpaired) electrons. The van der Waals surface area contributed by atoms with E-state index in [1.165, 1.54) is 12.0 Å². The molecule has 4 fully saturated rings. The van der Waals surface area contributed by atoms with Gasteiger partial charge in [-0.2, -0.15) is 0 Å². The second-order valence-electron chi connectivity index (χ2n) is 6.47. The quantitative estimate of drug-likeness (QED) is 0.864. The van der Waals surface area contributed by atoms with Crippen LogP contribution >= 0.6 is 0 Å². The lowest BCUT2D eigenvalue weighted by Gasteiger charge is -2.38. The third-order valence-electron chi connectivity index (χ3n) is 5.78. The first-order chi connectivity index (χ1) is 8.72. The second kappa shape index (κ2) is 3.37. The van der Waals surface area contributed by atoms with Crippen LogP contribution < -0.4 is 0 Å². The molecule has 1 aromatic rings. The molecular weight excluding hydrogens is 224 g/mol. The van der Waals surface area contributed by atoms with E-state index in [9.17, 15) is 9.90 Å². The molecule has 4 saturated carbocycles. The van der Waals surface area contributed by atoms with E-state index in [-0.39, 0.29) is 5.92 Å². The van der Waals surface area contributed by atoms with Crippen molar-refractivity contribution < 1.29 is 9.90 Å². The van der Waals surface area contributed by atoms with E-state index in [1.807, 2.05) is 18.2 Å². The van der Waals surface area contributed by atoms with Gasteiger partial charge in [0.2, 0.25) is 0 Å². The largest absolute Gasteiger partial charge is 0.481 e. The highest BCUT2D eigenvalue weighted by Gasteiger charge is 2.67. The van der Waals surface area contributed by atoms with Crippen LogP contribution in [0.4, 0.5) is 0 Å². The van der Waals surface area contributed by atoms with E-state index in [4.69, 9.17) is 0 Å². The van der Waals surface area contributed by atoms with Gasteiger partial charge in [0.05, 0.1) is 5.41 Å². The number of carboxylic acid groups (broad SMARTS) is 1. The fraction of sp³-hybridized carbons (Fsp3) is 0.562. The zero-order valence-electron chi connectivity index (χ0n) is 10.4. The molecule has 0 spiro atoms. The molecule has 5 unspecified atom stereocenters. The molecule has 4 aliphatic rings. The van der Waals surface area contributed by atoms with Gasteiger partial charge in [-0.15, -0.1) is 0 Å². The Morgan fingerprint density at radius 1 is 1.17 bits per heavy atom. The van der Waals surface area contributed by atoms with E-state index in [1.54, 1.807) is 0 Å². The topological polar surface area (TPSA) is 37.3 Å². The number of hydrogen-bond acceptors (Lipinski definition) is 1. The van der Waals surface area contributed by atoms with Crippen LogP contribution in [0.5, 0.6) is 0 Å². The molecule has 2 nitrogen and oxygen atoms in total. The van der Waals surface area contributed by atoms with Crippen LogP contribution in [0.15, 0.2) is 30.3 Å². The fourth-order valence-corrected chi connectivity index (χ4v) is 5.41. The van der Waals surface area contributed by atoms with Crippen molar-refractivity contribution in [3.63, 3.8) is 0 Å². The highest BCUT2D eigenvalue weighted by atomic mass is 16.4. The summed E-state index contributed by atoms with van der Waals surface area (Å²) in [6, 6.07) is 10.4. The van der Waals surface area contributed by atoms with Gasteiger partial charge in [-0.1, -0.05) is 30.3 Å². The monoisotopic (exact) mass is 242 g/mol. The maximum atomic E-state index is 12.0. The average Bonchev–Trinajstić information content (AvgIpc) is 2.75. The number of carbonyl (C=O) groups is 1. The normalized spacial score (nSPS) is 44.4. The smallest absolute Gasteiger partial charge is 0.310 e. The van der Waals surface area contributed by atoms with Crippen molar-refractivity contribution in [1.29, 1.82) is 0 Å². The summed E-state index contributed by atoms with van der Waals surface area (Å²) in [5, 5.41) is 9.84. The molecule has 4 aliphatic carbocycles. The molecule has 0 heterocycles. The number of benzene rings is 1. The number of rotatable bonds is 2. The highest BCUT2D eigenvalue weighted by molar-refractivity contribution is 5.78. The fourth-order valence-electron chi connectivity index (χ4n) is 5.41. The second-order valence-corrected chi connectivity index (χ2v) is 6.47. The van der Waals surface area contributed by atoms with Gasteiger partial charge in [-0.05, 0) is 49.0 Å². The van der Waals surface area contributed by atoms with Crippen molar-refractivity contribution in [3.05, 3.63) is 35.9 Å². The summed E-state index contributed by atoms with van der Waals surface area (Å²) in [5.74, 6) is 1.46. The molecule has 0 aromatic heterocycles. The Balaban J connectivity index is 1.85. The molecule has 94 valence electrons. The Hall–Kier alpha value is -1.31. The van der Waals surface area contributed by atoms with Gasteiger partial charge < -0.3 is 5.11 Å². The molecule has 5 atom stereocenters. The molecule has 1 N–H and O–H groups in total. The van der Waals surface area contributed by atoms with Crippen LogP contribution in [-0.2, 0) is 4.79 Å². The Bertz CT molecular complexity index is 495. The standard InChI is InChI=1S/C16H18O2/c17-15(18)16-9-10-6-12(8-13(16)7-10)14(16)11-4-2-1-3-5-11/h1-5,10,12-14H,6-9H2,(H,17,18). The Morgan fingerprint density at radius 2 is 1.94 bits per heavy atom. The zero-order chi connectivity index (χ0) is 12.3. The van der Waals surface area contributed by atoms with Gasteiger partial charge in [0.15, 0.2) is 0 Å². The minimum Gasteiger partial charge on any atom is -0.481 e. The van der Waals surface area contributed by atoms with Gasteiger partial charge in [-0.3, -0.25) is 4.79 Å². The summed E-state index contributed by atoms with van der Waals surface area (Å²) in [4.78, 5) is 12.0. The Morgan fingerprint density at radius 3 is 2.67 bits per heavy atom. The molecule has 0 aliphatic heterocycles. The summed E-state index contributed by atoms with van der Waals surface area (Å²) >= 11 is 0. The molecule has 1 aromatic carbocycles. The lowest BCUT2D eigenvalue weighted by atomic mass is 9.64. The number of aliphatic carboxylic acids is 1. The summed E-state index contributed by atoms with van der Waals surface area (Å²) in [5.41, 5.74) is 0.822. The van der Waals surface area contributed by atoms with Crippen molar-refractivity contribution in [2.24, 2.45) is 23.2 Å². The van der Waals surface area contributed by atoms with Crippen LogP contribution in [0.1, 0.15) is 37.2 Å². The zero-order valence-corrected chi connectivity index (χ0v) is 10.4. The Labute approximate surface area is 107 Å². The third-order valence-corrected chi connectivity index (χ3v) is 5.78. The van der Waals surface area contributed by atoms with Gasteiger partial charge in [0.25, 0.3) is 0 Å². The van der Waals surface area contributed by atoms with Crippen molar-refractivity contribution >= 4 is 5.97 Å². The van der Waals surface area contributed by atoms with Gasteiger partial charge in [0, 0.05) is 5.92 Å². The maximum absolute atomic E-state index is 12.0. The minimum absolute atomic E-state index is 0.264. The first-order valence-corrected chi connectivity index (χ1v) is 7.00. The van der Waals surface area contributed by atoms with Crippen LogP contribution in [-0.4, -0.2) is 11.1 Å². The van der Waals surface area contributed by atoms with E-state index >= 15 is 0 Å².